The van der Waals surface area contributed by atoms with Crippen LogP contribution >= 0.6 is 12.4 Å². The molecule has 6 heteroatoms. The van der Waals surface area contributed by atoms with Crippen molar-refractivity contribution >= 4 is 12.4 Å². The van der Waals surface area contributed by atoms with Crippen LogP contribution in [0, 0.1) is 0 Å². The van der Waals surface area contributed by atoms with Gasteiger partial charge in [-0.25, -0.2) is 0 Å². The summed E-state index contributed by atoms with van der Waals surface area (Å²) >= 11 is 0. The lowest BCUT2D eigenvalue weighted by Gasteiger charge is -2.31. The summed E-state index contributed by atoms with van der Waals surface area (Å²) in [6.45, 7) is 4.15. The number of nitrogens with zero attached hydrogens (tertiary/aromatic N) is 2. The minimum absolute atomic E-state index is 0. The molecular weight excluding hydrogens is 216 g/mol. The van der Waals surface area contributed by atoms with Crippen molar-refractivity contribution in [2.24, 2.45) is 5.73 Å². The van der Waals surface area contributed by atoms with Gasteiger partial charge in [-0.2, -0.15) is 5.10 Å². The summed E-state index contributed by atoms with van der Waals surface area (Å²) < 4.78 is 5.48. The molecule has 0 saturated carbocycles. The fraction of sp³-hybridized carbons (Fsp3) is 0.667. The van der Waals surface area contributed by atoms with Crippen LogP contribution in [0.3, 0.4) is 0 Å². The first kappa shape index (κ1) is 12.4. The molecule has 0 aliphatic carbocycles. The molecule has 2 rings (SSSR count). The van der Waals surface area contributed by atoms with E-state index in [1.165, 1.54) is 0 Å². The SMILES string of the molecule is Cl.NCC1CN(Cc2ccn[nH]2)CCO1. The third-order valence-electron chi connectivity index (χ3n) is 2.44. The lowest BCUT2D eigenvalue weighted by atomic mass is 10.2. The Morgan fingerprint density at radius 1 is 1.67 bits per heavy atom. The number of hydrogen-bond donors (Lipinski definition) is 2. The maximum absolute atomic E-state index is 5.57. The van der Waals surface area contributed by atoms with Gasteiger partial charge in [-0.3, -0.25) is 10.00 Å². The van der Waals surface area contributed by atoms with E-state index in [1.807, 2.05) is 6.07 Å². The Kier molecular flexibility index (Phi) is 5.04. The average Bonchev–Trinajstić information content (AvgIpc) is 2.71. The fourth-order valence-electron chi connectivity index (χ4n) is 1.68. The number of rotatable bonds is 3. The zero-order valence-corrected chi connectivity index (χ0v) is 9.37. The van der Waals surface area contributed by atoms with E-state index in [0.717, 1.165) is 31.9 Å². The smallest absolute Gasteiger partial charge is 0.0824 e. The highest BCUT2D eigenvalue weighted by Crippen LogP contribution is 2.07. The number of aromatic nitrogens is 2. The maximum atomic E-state index is 5.57. The Morgan fingerprint density at radius 3 is 3.20 bits per heavy atom. The zero-order valence-electron chi connectivity index (χ0n) is 8.56. The Labute approximate surface area is 95.4 Å². The number of nitrogens with one attached hydrogen (secondary N) is 1. The summed E-state index contributed by atoms with van der Waals surface area (Å²) in [5.41, 5.74) is 6.71. The highest BCUT2D eigenvalue weighted by Gasteiger charge is 2.19. The Bertz CT molecular complexity index is 267. The van der Waals surface area contributed by atoms with Crippen molar-refractivity contribution in [1.82, 2.24) is 15.1 Å². The van der Waals surface area contributed by atoms with Gasteiger partial charge in [0.05, 0.1) is 12.7 Å². The van der Waals surface area contributed by atoms with Crippen molar-refractivity contribution in [2.45, 2.75) is 12.6 Å². The van der Waals surface area contributed by atoms with E-state index >= 15 is 0 Å². The standard InChI is InChI=1S/C9H16N4O.ClH/c10-5-9-7-13(3-4-14-9)6-8-1-2-11-12-8;/h1-2,9H,3-7,10H2,(H,11,12);1H. The molecule has 1 saturated heterocycles. The quantitative estimate of drug-likeness (QED) is 0.770. The molecule has 15 heavy (non-hydrogen) atoms. The monoisotopic (exact) mass is 232 g/mol. The molecule has 3 N–H and O–H groups in total. The number of hydrogen-bond acceptors (Lipinski definition) is 4. The van der Waals surface area contributed by atoms with Crippen molar-refractivity contribution in [2.75, 3.05) is 26.2 Å². The topological polar surface area (TPSA) is 67.2 Å². The van der Waals surface area contributed by atoms with Crippen LogP contribution in [-0.2, 0) is 11.3 Å². The first-order valence-corrected chi connectivity index (χ1v) is 4.91. The highest BCUT2D eigenvalue weighted by molar-refractivity contribution is 5.85. The lowest BCUT2D eigenvalue weighted by molar-refractivity contribution is -0.0264. The molecule has 1 aliphatic heterocycles. The summed E-state index contributed by atoms with van der Waals surface area (Å²) in [5, 5.41) is 6.87. The Morgan fingerprint density at radius 2 is 2.53 bits per heavy atom. The van der Waals surface area contributed by atoms with Gasteiger partial charge in [0, 0.05) is 38.1 Å². The van der Waals surface area contributed by atoms with E-state index in [1.54, 1.807) is 6.20 Å². The summed E-state index contributed by atoms with van der Waals surface area (Å²) in [4.78, 5) is 2.33. The van der Waals surface area contributed by atoms with Crippen LogP contribution in [0.5, 0.6) is 0 Å². The molecule has 1 aliphatic rings. The van der Waals surface area contributed by atoms with E-state index in [9.17, 15) is 0 Å². The van der Waals surface area contributed by atoms with Gasteiger partial charge in [-0.05, 0) is 6.07 Å². The lowest BCUT2D eigenvalue weighted by Crippen LogP contribution is -2.45. The third-order valence-corrected chi connectivity index (χ3v) is 2.44. The van der Waals surface area contributed by atoms with Gasteiger partial charge in [0.1, 0.15) is 0 Å². The molecule has 0 bridgehead atoms. The number of nitrogens with two attached hydrogens (primary N) is 1. The largest absolute Gasteiger partial charge is 0.374 e. The molecular formula is C9H17ClN4O. The minimum atomic E-state index is 0. The van der Waals surface area contributed by atoms with Crippen LogP contribution in [0.4, 0.5) is 0 Å². The van der Waals surface area contributed by atoms with Gasteiger partial charge in [-0.1, -0.05) is 0 Å². The first-order chi connectivity index (χ1) is 6.88. The van der Waals surface area contributed by atoms with Crippen molar-refractivity contribution in [3.8, 4) is 0 Å². The molecule has 86 valence electrons. The van der Waals surface area contributed by atoms with Crippen LogP contribution in [0.2, 0.25) is 0 Å². The zero-order chi connectivity index (χ0) is 9.80. The molecule has 1 aromatic heterocycles. The second-order valence-electron chi connectivity index (χ2n) is 3.55. The summed E-state index contributed by atoms with van der Waals surface area (Å²) in [7, 11) is 0. The average molecular weight is 233 g/mol. The van der Waals surface area contributed by atoms with Crippen LogP contribution in [0.1, 0.15) is 5.69 Å². The van der Waals surface area contributed by atoms with Crippen LogP contribution in [-0.4, -0.2) is 47.4 Å². The predicted octanol–water partition coefficient (Wildman–Crippen LogP) is -0.00900. The van der Waals surface area contributed by atoms with Crippen LogP contribution in [0.15, 0.2) is 12.3 Å². The number of morpholine rings is 1. The molecule has 1 unspecified atom stereocenters. The summed E-state index contributed by atoms with van der Waals surface area (Å²) in [5.74, 6) is 0. The van der Waals surface area contributed by atoms with Crippen molar-refractivity contribution < 1.29 is 4.74 Å². The van der Waals surface area contributed by atoms with Gasteiger partial charge in [-0.15, -0.1) is 12.4 Å². The number of ether oxygens (including phenoxy) is 1. The van der Waals surface area contributed by atoms with Gasteiger partial charge >= 0.3 is 0 Å². The Balaban J connectivity index is 0.00000112. The van der Waals surface area contributed by atoms with Gasteiger partial charge < -0.3 is 10.5 Å². The molecule has 0 amide bonds. The van der Waals surface area contributed by atoms with E-state index < -0.39 is 0 Å². The normalized spacial score (nSPS) is 22.3. The Hall–Kier alpha value is -0.620. The molecule has 1 atom stereocenters. The van der Waals surface area contributed by atoms with Crippen LogP contribution < -0.4 is 5.73 Å². The second-order valence-corrected chi connectivity index (χ2v) is 3.55. The molecule has 5 nitrogen and oxygen atoms in total. The van der Waals surface area contributed by atoms with Crippen molar-refractivity contribution in [3.63, 3.8) is 0 Å². The first-order valence-electron chi connectivity index (χ1n) is 4.91. The van der Waals surface area contributed by atoms with Gasteiger partial charge in [0.25, 0.3) is 0 Å². The van der Waals surface area contributed by atoms with E-state index in [0.29, 0.717) is 6.54 Å². The van der Waals surface area contributed by atoms with Gasteiger partial charge in [0.15, 0.2) is 0 Å². The second kappa shape index (κ2) is 6.07. The molecule has 2 heterocycles. The minimum Gasteiger partial charge on any atom is -0.374 e. The van der Waals surface area contributed by atoms with E-state index in [-0.39, 0.29) is 18.5 Å². The van der Waals surface area contributed by atoms with Crippen LogP contribution in [0.25, 0.3) is 0 Å². The number of halogens is 1. The maximum Gasteiger partial charge on any atom is 0.0824 e. The molecule has 0 aromatic carbocycles. The van der Waals surface area contributed by atoms with E-state index in [4.69, 9.17) is 10.5 Å². The molecule has 0 radical (unpaired) electrons. The summed E-state index contributed by atoms with van der Waals surface area (Å²) in [6, 6.07) is 1.99. The van der Waals surface area contributed by atoms with Crippen molar-refractivity contribution in [3.05, 3.63) is 18.0 Å². The summed E-state index contributed by atoms with van der Waals surface area (Å²) in [6.07, 6.45) is 1.96. The van der Waals surface area contributed by atoms with Crippen molar-refractivity contribution in [1.29, 1.82) is 0 Å². The molecule has 1 fully saturated rings. The molecule has 1 aromatic rings. The predicted molar refractivity (Wildman–Crippen MR) is 59.9 cm³/mol. The van der Waals surface area contributed by atoms with E-state index in [2.05, 4.69) is 15.1 Å². The fourth-order valence-corrected chi connectivity index (χ4v) is 1.68. The highest BCUT2D eigenvalue weighted by atomic mass is 35.5. The number of H-pyrrole nitrogens is 1. The number of aromatic amines is 1. The third kappa shape index (κ3) is 3.46. The molecule has 0 spiro atoms. The van der Waals surface area contributed by atoms with Gasteiger partial charge in [0.2, 0.25) is 0 Å².